The van der Waals surface area contributed by atoms with Gasteiger partial charge in [0.05, 0.1) is 12.3 Å². The van der Waals surface area contributed by atoms with Gasteiger partial charge in [-0.2, -0.15) is 0 Å². The third-order valence-electron chi connectivity index (χ3n) is 3.15. The van der Waals surface area contributed by atoms with Gasteiger partial charge in [-0.05, 0) is 17.7 Å². The maximum atomic E-state index is 9.14. The molecule has 1 N–H and O–H groups in total. The van der Waals surface area contributed by atoms with Gasteiger partial charge in [0, 0.05) is 17.8 Å². The Morgan fingerprint density at radius 1 is 0.905 bits per heavy atom. The van der Waals surface area contributed by atoms with Gasteiger partial charge in [-0.3, -0.25) is 4.98 Å². The molecule has 0 spiro atoms. The molecule has 0 aliphatic carbocycles. The molecule has 104 valence electrons. The van der Waals surface area contributed by atoms with Gasteiger partial charge in [-0.1, -0.05) is 48.5 Å². The number of aliphatic hydroxyl groups is 1. The van der Waals surface area contributed by atoms with Crippen LogP contribution in [0.1, 0.15) is 5.69 Å². The van der Waals surface area contributed by atoms with E-state index in [1.54, 1.807) is 18.3 Å². The summed E-state index contributed by atoms with van der Waals surface area (Å²) in [6.45, 7) is -0.0997. The largest absolute Gasteiger partial charge is 0.457 e. The van der Waals surface area contributed by atoms with Gasteiger partial charge in [0.25, 0.3) is 0 Å². The highest BCUT2D eigenvalue weighted by molar-refractivity contribution is 5.70. The number of rotatable bonds is 4. The molecule has 0 radical (unpaired) electrons. The molecule has 0 saturated heterocycles. The lowest BCUT2D eigenvalue weighted by molar-refractivity contribution is 0.276. The van der Waals surface area contributed by atoms with E-state index in [0.717, 1.165) is 16.9 Å². The molecular weight excluding hydrogens is 262 g/mol. The zero-order valence-electron chi connectivity index (χ0n) is 11.4. The van der Waals surface area contributed by atoms with Crippen molar-refractivity contribution >= 4 is 0 Å². The van der Waals surface area contributed by atoms with Crippen LogP contribution >= 0.6 is 0 Å². The van der Waals surface area contributed by atoms with E-state index in [2.05, 4.69) is 4.98 Å². The third kappa shape index (κ3) is 3.09. The summed E-state index contributed by atoms with van der Waals surface area (Å²) in [6, 6.07) is 21.5. The van der Waals surface area contributed by atoms with Crippen molar-refractivity contribution in [2.75, 3.05) is 0 Å². The molecule has 1 aromatic heterocycles. The Morgan fingerprint density at radius 3 is 2.48 bits per heavy atom. The van der Waals surface area contributed by atoms with Crippen molar-refractivity contribution in [1.82, 2.24) is 4.98 Å². The Hall–Kier alpha value is -2.65. The predicted molar refractivity (Wildman–Crippen MR) is 82.1 cm³/mol. The first-order valence-corrected chi connectivity index (χ1v) is 6.75. The zero-order chi connectivity index (χ0) is 14.5. The fourth-order valence-electron chi connectivity index (χ4n) is 2.14. The second kappa shape index (κ2) is 6.20. The van der Waals surface area contributed by atoms with Crippen LogP contribution in [0.25, 0.3) is 11.1 Å². The molecule has 2 aromatic carbocycles. The molecule has 21 heavy (non-hydrogen) atoms. The molecule has 0 aliphatic rings. The van der Waals surface area contributed by atoms with Gasteiger partial charge in [-0.25, -0.2) is 0 Å². The molecule has 0 aliphatic heterocycles. The van der Waals surface area contributed by atoms with Gasteiger partial charge in [-0.15, -0.1) is 0 Å². The molecule has 3 aromatic rings. The Morgan fingerprint density at radius 2 is 1.67 bits per heavy atom. The van der Waals surface area contributed by atoms with E-state index in [1.807, 2.05) is 54.6 Å². The monoisotopic (exact) mass is 277 g/mol. The molecule has 1 heterocycles. The van der Waals surface area contributed by atoms with Gasteiger partial charge >= 0.3 is 0 Å². The first-order chi connectivity index (χ1) is 10.4. The first kappa shape index (κ1) is 13.3. The number of ether oxygens (including phenoxy) is 1. The second-order valence-corrected chi connectivity index (χ2v) is 4.61. The zero-order valence-corrected chi connectivity index (χ0v) is 11.4. The molecule has 0 bridgehead atoms. The third-order valence-corrected chi connectivity index (χ3v) is 3.15. The van der Waals surface area contributed by atoms with E-state index in [1.165, 1.54) is 0 Å². The molecule has 0 amide bonds. The molecule has 0 fully saturated rings. The van der Waals surface area contributed by atoms with Crippen molar-refractivity contribution in [3.8, 4) is 22.6 Å². The van der Waals surface area contributed by atoms with Crippen molar-refractivity contribution in [2.24, 2.45) is 0 Å². The normalized spacial score (nSPS) is 10.3. The van der Waals surface area contributed by atoms with Crippen LogP contribution in [0.3, 0.4) is 0 Å². The van der Waals surface area contributed by atoms with Crippen LogP contribution in [0.5, 0.6) is 11.5 Å². The Balaban J connectivity index is 1.96. The topological polar surface area (TPSA) is 42.4 Å². The number of nitrogens with zero attached hydrogens (tertiary/aromatic N) is 1. The number of para-hydroxylation sites is 1. The summed E-state index contributed by atoms with van der Waals surface area (Å²) in [4.78, 5) is 4.05. The lowest BCUT2D eigenvalue weighted by Crippen LogP contribution is -1.92. The quantitative estimate of drug-likeness (QED) is 0.782. The fraction of sp³-hybridized carbons (Fsp3) is 0.0556. The number of benzene rings is 2. The molecule has 0 atom stereocenters. The van der Waals surface area contributed by atoms with Crippen molar-refractivity contribution < 1.29 is 9.84 Å². The van der Waals surface area contributed by atoms with E-state index >= 15 is 0 Å². The van der Waals surface area contributed by atoms with E-state index in [9.17, 15) is 0 Å². The number of aliphatic hydroxyl groups excluding tert-OH is 1. The maximum absolute atomic E-state index is 9.14. The standard InChI is InChI=1S/C18H15NO2/c20-13-15-12-16(10-11-19-15)21-18-9-5-4-8-17(18)14-6-2-1-3-7-14/h1-12,20H,13H2. The predicted octanol–water partition coefficient (Wildman–Crippen LogP) is 4.03. The maximum Gasteiger partial charge on any atom is 0.135 e. The van der Waals surface area contributed by atoms with Gasteiger partial charge in [0.15, 0.2) is 0 Å². The fourth-order valence-corrected chi connectivity index (χ4v) is 2.14. The van der Waals surface area contributed by atoms with Crippen molar-refractivity contribution in [3.05, 3.63) is 78.6 Å². The first-order valence-electron chi connectivity index (χ1n) is 6.75. The highest BCUT2D eigenvalue weighted by atomic mass is 16.5. The Kier molecular flexibility index (Phi) is 3.94. The van der Waals surface area contributed by atoms with Crippen LogP contribution in [0.2, 0.25) is 0 Å². The summed E-state index contributed by atoms with van der Waals surface area (Å²) >= 11 is 0. The molecule has 0 unspecified atom stereocenters. The molecule has 0 saturated carbocycles. The number of pyridine rings is 1. The van der Waals surface area contributed by atoms with Gasteiger partial charge in [0.1, 0.15) is 11.5 Å². The lowest BCUT2D eigenvalue weighted by atomic mass is 10.1. The van der Waals surface area contributed by atoms with E-state index < -0.39 is 0 Å². The average molecular weight is 277 g/mol. The van der Waals surface area contributed by atoms with Crippen molar-refractivity contribution in [3.63, 3.8) is 0 Å². The van der Waals surface area contributed by atoms with Crippen molar-refractivity contribution in [2.45, 2.75) is 6.61 Å². The summed E-state index contributed by atoms with van der Waals surface area (Å²) in [7, 11) is 0. The molecule has 3 nitrogen and oxygen atoms in total. The number of hydrogen-bond donors (Lipinski definition) is 1. The van der Waals surface area contributed by atoms with Gasteiger partial charge in [0.2, 0.25) is 0 Å². The number of aromatic nitrogens is 1. The summed E-state index contributed by atoms with van der Waals surface area (Å²) in [5, 5.41) is 9.14. The van der Waals surface area contributed by atoms with Crippen LogP contribution in [-0.4, -0.2) is 10.1 Å². The summed E-state index contributed by atoms with van der Waals surface area (Å²) in [5.41, 5.74) is 2.72. The minimum atomic E-state index is -0.0997. The van der Waals surface area contributed by atoms with Crippen LogP contribution < -0.4 is 4.74 Å². The SMILES string of the molecule is OCc1cc(Oc2ccccc2-c2ccccc2)ccn1. The Bertz CT molecular complexity index is 726. The lowest BCUT2D eigenvalue weighted by Gasteiger charge is -2.11. The summed E-state index contributed by atoms with van der Waals surface area (Å²) in [6.07, 6.45) is 1.63. The minimum Gasteiger partial charge on any atom is -0.457 e. The Labute approximate surface area is 123 Å². The van der Waals surface area contributed by atoms with Crippen LogP contribution in [-0.2, 0) is 6.61 Å². The highest BCUT2D eigenvalue weighted by Crippen LogP contribution is 2.32. The average Bonchev–Trinajstić information content (AvgIpc) is 2.56. The molecular formula is C18H15NO2. The van der Waals surface area contributed by atoms with Crippen molar-refractivity contribution in [1.29, 1.82) is 0 Å². The summed E-state index contributed by atoms with van der Waals surface area (Å²) in [5.74, 6) is 1.44. The smallest absolute Gasteiger partial charge is 0.135 e. The van der Waals surface area contributed by atoms with Crippen LogP contribution in [0.4, 0.5) is 0 Å². The van der Waals surface area contributed by atoms with Crippen LogP contribution in [0.15, 0.2) is 72.9 Å². The van der Waals surface area contributed by atoms with E-state index in [0.29, 0.717) is 11.4 Å². The van der Waals surface area contributed by atoms with E-state index in [-0.39, 0.29) is 6.61 Å². The molecule has 3 heteroatoms. The number of hydrogen-bond acceptors (Lipinski definition) is 3. The minimum absolute atomic E-state index is 0.0997. The molecule has 3 rings (SSSR count). The second-order valence-electron chi connectivity index (χ2n) is 4.61. The summed E-state index contributed by atoms with van der Waals surface area (Å²) < 4.78 is 5.96. The highest BCUT2D eigenvalue weighted by Gasteiger charge is 2.07. The van der Waals surface area contributed by atoms with Crippen LogP contribution in [0, 0.1) is 0 Å². The van der Waals surface area contributed by atoms with E-state index in [4.69, 9.17) is 9.84 Å². The van der Waals surface area contributed by atoms with Gasteiger partial charge < -0.3 is 9.84 Å².